The van der Waals surface area contributed by atoms with Gasteiger partial charge in [-0.3, -0.25) is 4.79 Å². The van der Waals surface area contributed by atoms with E-state index in [9.17, 15) is 18.0 Å². The molecule has 2 aromatic carbocycles. The van der Waals surface area contributed by atoms with Crippen molar-refractivity contribution in [1.82, 2.24) is 10.1 Å². The number of amides is 1. The first-order valence-electron chi connectivity index (χ1n) is 8.67. The number of hydrogen-bond donors (Lipinski definition) is 0. The molecule has 1 amide bonds. The fraction of sp³-hybridized carbons (Fsp3) is 0.200. The minimum Gasteiger partial charge on any atom is -0.334 e. The predicted octanol–water partition coefficient (Wildman–Crippen LogP) is 4.15. The molecule has 1 aliphatic rings. The molecular formula is C20H13F3N4O2. The van der Waals surface area contributed by atoms with Gasteiger partial charge in [-0.25, -0.2) is 0 Å². The van der Waals surface area contributed by atoms with E-state index in [-0.39, 0.29) is 30.7 Å². The van der Waals surface area contributed by atoms with Crippen molar-refractivity contribution in [2.24, 2.45) is 0 Å². The van der Waals surface area contributed by atoms with Gasteiger partial charge in [0.25, 0.3) is 5.89 Å². The zero-order chi connectivity index (χ0) is 20.6. The fourth-order valence-electron chi connectivity index (χ4n) is 3.17. The molecule has 1 fully saturated rings. The largest absolute Gasteiger partial charge is 0.416 e. The Bertz CT molecular complexity index is 1080. The summed E-state index contributed by atoms with van der Waals surface area (Å²) in [6.45, 7) is 0.247. The quantitative estimate of drug-likeness (QED) is 0.662. The van der Waals surface area contributed by atoms with E-state index >= 15 is 0 Å². The van der Waals surface area contributed by atoms with Gasteiger partial charge in [-0.1, -0.05) is 5.16 Å². The second kappa shape index (κ2) is 7.05. The number of carbonyl (C=O) groups is 1. The third kappa shape index (κ3) is 3.69. The van der Waals surface area contributed by atoms with Crippen molar-refractivity contribution in [3.8, 4) is 17.5 Å². The molecule has 1 unspecified atom stereocenters. The van der Waals surface area contributed by atoms with Crippen molar-refractivity contribution in [2.45, 2.75) is 18.5 Å². The Morgan fingerprint density at radius 2 is 1.79 bits per heavy atom. The minimum atomic E-state index is -4.43. The molecule has 0 saturated carbocycles. The molecule has 0 aliphatic carbocycles. The van der Waals surface area contributed by atoms with Crippen LogP contribution in [0.5, 0.6) is 0 Å². The van der Waals surface area contributed by atoms with Gasteiger partial charge in [-0.2, -0.15) is 23.4 Å². The van der Waals surface area contributed by atoms with E-state index in [2.05, 4.69) is 10.1 Å². The Morgan fingerprint density at radius 3 is 2.41 bits per heavy atom. The first-order chi connectivity index (χ1) is 13.8. The van der Waals surface area contributed by atoms with Crippen molar-refractivity contribution < 1.29 is 22.5 Å². The van der Waals surface area contributed by atoms with Crippen molar-refractivity contribution in [1.29, 1.82) is 5.26 Å². The summed E-state index contributed by atoms with van der Waals surface area (Å²) in [5.41, 5.74) is 0.768. The van der Waals surface area contributed by atoms with Crippen LogP contribution < -0.4 is 4.90 Å². The first-order valence-corrected chi connectivity index (χ1v) is 8.67. The summed E-state index contributed by atoms with van der Waals surface area (Å²) in [7, 11) is 0. The number of halogens is 3. The van der Waals surface area contributed by atoms with Gasteiger partial charge in [0, 0.05) is 30.1 Å². The molecule has 1 aliphatic heterocycles. The summed E-state index contributed by atoms with van der Waals surface area (Å²) in [6.07, 6.45) is -4.30. The van der Waals surface area contributed by atoms with Crippen LogP contribution in [0, 0.1) is 11.3 Å². The smallest absolute Gasteiger partial charge is 0.334 e. The molecular weight excluding hydrogens is 385 g/mol. The van der Waals surface area contributed by atoms with Crippen LogP contribution in [0.25, 0.3) is 11.5 Å². The lowest BCUT2D eigenvalue weighted by Crippen LogP contribution is -2.24. The van der Waals surface area contributed by atoms with Gasteiger partial charge in [-0.05, 0) is 48.5 Å². The van der Waals surface area contributed by atoms with E-state index in [1.165, 1.54) is 17.0 Å². The third-order valence-corrected chi connectivity index (χ3v) is 4.70. The standard InChI is InChI=1S/C20H13F3N4O2/c21-20(22,23)15-5-7-16(8-6-15)27-11-14(9-17(27)28)18-25-19(29-26-18)13-3-1-12(10-24)2-4-13/h1-8,14H,9,11H2. The van der Waals surface area contributed by atoms with Crippen LogP contribution in [0.2, 0.25) is 0 Å². The molecule has 0 bridgehead atoms. The summed E-state index contributed by atoms with van der Waals surface area (Å²) < 4.78 is 43.4. The lowest BCUT2D eigenvalue weighted by molar-refractivity contribution is -0.137. The topological polar surface area (TPSA) is 83.0 Å². The number of nitrogens with zero attached hydrogens (tertiary/aromatic N) is 4. The van der Waals surface area contributed by atoms with Crippen LogP contribution in [0.1, 0.15) is 29.3 Å². The summed E-state index contributed by atoms with van der Waals surface area (Å²) in [5, 5.41) is 12.8. The minimum absolute atomic E-state index is 0.132. The van der Waals surface area contributed by atoms with Gasteiger partial charge >= 0.3 is 6.18 Å². The van der Waals surface area contributed by atoms with Gasteiger partial charge in [0.2, 0.25) is 5.91 Å². The van der Waals surface area contributed by atoms with Crippen LogP contribution in [0.4, 0.5) is 18.9 Å². The van der Waals surface area contributed by atoms with E-state index < -0.39 is 11.7 Å². The number of aromatic nitrogens is 2. The average molecular weight is 398 g/mol. The number of anilines is 1. The zero-order valence-electron chi connectivity index (χ0n) is 14.8. The molecule has 1 aromatic heterocycles. The normalized spacial score (nSPS) is 16.8. The highest BCUT2D eigenvalue weighted by Gasteiger charge is 2.35. The molecule has 2 heterocycles. The van der Waals surface area contributed by atoms with Gasteiger partial charge in [-0.15, -0.1) is 0 Å². The van der Waals surface area contributed by atoms with E-state index in [0.29, 0.717) is 22.6 Å². The van der Waals surface area contributed by atoms with Gasteiger partial charge < -0.3 is 9.42 Å². The maximum absolute atomic E-state index is 12.7. The molecule has 6 nitrogen and oxygen atoms in total. The van der Waals surface area contributed by atoms with Crippen LogP contribution in [0.15, 0.2) is 53.1 Å². The second-order valence-electron chi connectivity index (χ2n) is 6.60. The molecule has 146 valence electrons. The number of carbonyl (C=O) groups excluding carboxylic acids is 1. The molecule has 3 aromatic rings. The fourth-order valence-corrected chi connectivity index (χ4v) is 3.17. The lowest BCUT2D eigenvalue weighted by Gasteiger charge is -2.17. The molecule has 9 heteroatoms. The van der Waals surface area contributed by atoms with Gasteiger partial charge in [0.15, 0.2) is 5.82 Å². The maximum Gasteiger partial charge on any atom is 0.416 e. The number of rotatable bonds is 3. The molecule has 0 N–H and O–H groups in total. The Hall–Kier alpha value is -3.67. The molecule has 1 atom stereocenters. The monoisotopic (exact) mass is 398 g/mol. The summed E-state index contributed by atoms with van der Waals surface area (Å²) in [4.78, 5) is 18.1. The van der Waals surface area contributed by atoms with Crippen LogP contribution in [0.3, 0.4) is 0 Å². The average Bonchev–Trinajstić information content (AvgIpc) is 3.34. The Morgan fingerprint density at radius 1 is 1.10 bits per heavy atom. The van der Waals surface area contributed by atoms with Gasteiger partial charge in [0.1, 0.15) is 0 Å². The second-order valence-corrected chi connectivity index (χ2v) is 6.60. The first kappa shape index (κ1) is 18.7. The van der Waals surface area contributed by atoms with Gasteiger partial charge in [0.05, 0.1) is 17.2 Å². The highest BCUT2D eigenvalue weighted by atomic mass is 19.4. The SMILES string of the molecule is N#Cc1ccc(-c2nc(C3CC(=O)N(c4ccc(C(F)(F)F)cc4)C3)no2)cc1. The van der Waals surface area contributed by atoms with E-state index in [0.717, 1.165) is 12.1 Å². The van der Waals surface area contributed by atoms with Crippen LogP contribution in [-0.2, 0) is 11.0 Å². The predicted molar refractivity (Wildman–Crippen MR) is 95.6 cm³/mol. The molecule has 4 rings (SSSR count). The lowest BCUT2D eigenvalue weighted by atomic mass is 10.1. The number of benzene rings is 2. The van der Waals surface area contributed by atoms with Crippen LogP contribution >= 0.6 is 0 Å². The highest BCUT2D eigenvalue weighted by molar-refractivity contribution is 5.96. The number of hydrogen-bond acceptors (Lipinski definition) is 5. The van der Waals surface area contributed by atoms with Crippen molar-refractivity contribution in [2.75, 3.05) is 11.4 Å². The van der Waals surface area contributed by atoms with E-state index in [4.69, 9.17) is 9.78 Å². The number of nitriles is 1. The molecule has 0 radical (unpaired) electrons. The summed E-state index contributed by atoms with van der Waals surface area (Å²) >= 11 is 0. The maximum atomic E-state index is 12.7. The van der Waals surface area contributed by atoms with E-state index in [1.54, 1.807) is 24.3 Å². The van der Waals surface area contributed by atoms with Crippen molar-refractivity contribution in [3.63, 3.8) is 0 Å². The summed E-state index contributed by atoms with van der Waals surface area (Å²) in [5.74, 6) is 0.0668. The van der Waals surface area contributed by atoms with Crippen molar-refractivity contribution >= 4 is 11.6 Å². The van der Waals surface area contributed by atoms with Crippen molar-refractivity contribution in [3.05, 3.63) is 65.5 Å². The Balaban J connectivity index is 1.51. The van der Waals surface area contributed by atoms with Crippen LogP contribution in [-0.4, -0.2) is 22.6 Å². The molecule has 0 spiro atoms. The molecule has 1 saturated heterocycles. The Labute approximate surface area is 163 Å². The highest BCUT2D eigenvalue weighted by Crippen LogP contribution is 2.34. The Kier molecular flexibility index (Phi) is 4.54. The number of alkyl halides is 3. The third-order valence-electron chi connectivity index (χ3n) is 4.70. The van der Waals surface area contributed by atoms with E-state index in [1.807, 2.05) is 6.07 Å². The molecule has 29 heavy (non-hydrogen) atoms. The summed E-state index contributed by atoms with van der Waals surface area (Å²) in [6, 6.07) is 13.1. The zero-order valence-corrected chi connectivity index (χ0v) is 14.8.